The van der Waals surface area contributed by atoms with Crippen LogP contribution < -0.4 is 0 Å². The van der Waals surface area contributed by atoms with Gasteiger partial charge in [-0.3, -0.25) is 9.59 Å². The lowest BCUT2D eigenvalue weighted by atomic mass is 9.38. The van der Waals surface area contributed by atoms with Gasteiger partial charge in [0.05, 0.1) is 22.5 Å². The maximum atomic E-state index is 13.2. The lowest BCUT2D eigenvalue weighted by Gasteiger charge is -2.67. The van der Waals surface area contributed by atoms with Crippen LogP contribution in [0.5, 0.6) is 0 Å². The molecule has 0 heterocycles. The van der Waals surface area contributed by atoms with Crippen molar-refractivity contribution in [3.63, 3.8) is 0 Å². The van der Waals surface area contributed by atoms with Gasteiger partial charge in [-0.2, -0.15) is 0 Å². The predicted octanol–water partition coefficient (Wildman–Crippen LogP) is 2.38. The summed E-state index contributed by atoms with van der Waals surface area (Å²) >= 11 is 0. The Morgan fingerprint density at radius 2 is 1.84 bits per heavy atom. The van der Waals surface area contributed by atoms with Crippen molar-refractivity contribution in [1.82, 2.24) is 0 Å². The zero-order valence-corrected chi connectivity index (χ0v) is 15.4. The molecule has 0 radical (unpaired) electrons. The van der Waals surface area contributed by atoms with Gasteiger partial charge in [0.1, 0.15) is 5.78 Å². The van der Waals surface area contributed by atoms with Crippen LogP contribution in [0.2, 0.25) is 0 Å². The molecule has 0 aliphatic heterocycles. The molecule has 25 heavy (non-hydrogen) atoms. The van der Waals surface area contributed by atoms with Gasteiger partial charge >= 0.3 is 5.97 Å². The minimum Gasteiger partial charge on any atom is -0.481 e. The molecule has 1 spiro atoms. The highest BCUT2D eigenvalue weighted by Gasteiger charge is 2.76. The van der Waals surface area contributed by atoms with Crippen molar-refractivity contribution < 1.29 is 24.9 Å². The average Bonchev–Trinajstić information content (AvgIpc) is 2.76. The van der Waals surface area contributed by atoms with Gasteiger partial charge in [0, 0.05) is 17.8 Å². The minimum absolute atomic E-state index is 0.0672. The largest absolute Gasteiger partial charge is 0.481 e. The molecule has 0 aromatic carbocycles. The quantitative estimate of drug-likeness (QED) is 0.675. The lowest BCUT2D eigenvalue weighted by molar-refractivity contribution is -0.266. The Hall–Kier alpha value is -0.940. The standard InChI is InChI=1S/C20H30O5/c1-11-12-9-19(15(11)22)8-5-14-17(2,16(23)24)6-4-7-18(14,3)20(19,25)10-13(12)21/h11-14,21,25H,4-10H2,1-3H3,(H,23,24). The molecule has 5 heteroatoms. The zero-order valence-electron chi connectivity index (χ0n) is 15.4. The molecule has 4 fully saturated rings. The Labute approximate surface area is 148 Å². The van der Waals surface area contributed by atoms with Crippen LogP contribution in [0.15, 0.2) is 0 Å². The Bertz CT molecular complexity index is 646. The molecule has 140 valence electrons. The number of aliphatic hydroxyl groups excluding tert-OH is 1. The third-order valence-corrected chi connectivity index (χ3v) is 9.13. The molecule has 0 aromatic heterocycles. The topological polar surface area (TPSA) is 94.8 Å². The second-order valence-corrected chi connectivity index (χ2v) is 9.82. The second-order valence-electron chi connectivity index (χ2n) is 9.82. The maximum Gasteiger partial charge on any atom is 0.309 e. The smallest absolute Gasteiger partial charge is 0.309 e. The SMILES string of the molecule is CC1C(=O)C23CCC4C(C)(C(=O)O)CCCC4(C)C2(O)CC(O)C1C3. The Balaban J connectivity index is 1.87. The van der Waals surface area contributed by atoms with Crippen molar-refractivity contribution in [3.05, 3.63) is 0 Å². The van der Waals surface area contributed by atoms with E-state index in [-0.39, 0.29) is 30.0 Å². The van der Waals surface area contributed by atoms with E-state index in [2.05, 4.69) is 0 Å². The summed E-state index contributed by atoms with van der Waals surface area (Å²) in [5, 5.41) is 32.6. The fraction of sp³-hybridized carbons (Fsp3) is 0.900. The number of aliphatic hydroxyl groups is 2. The highest BCUT2D eigenvalue weighted by molar-refractivity contribution is 5.91. The molecule has 4 aliphatic rings. The van der Waals surface area contributed by atoms with Crippen molar-refractivity contribution in [2.45, 2.75) is 77.4 Å². The third-order valence-electron chi connectivity index (χ3n) is 9.13. The molecule has 0 saturated heterocycles. The molecule has 2 bridgehead atoms. The summed E-state index contributed by atoms with van der Waals surface area (Å²) in [4.78, 5) is 25.3. The van der Waals surface area contributed by atoms with Crippen molar-refractivity contribution in [2.24, 2.45) is 34.0 Å². The number of rotatable bonds is 1. The second kappa shape index (κ2) is 4.86. The summed E-state index contributed by atoms with van der Waals surface area (Å²) in [6.07, 6.45) is 3.36. The van der Waals surface area contributed by atoms with Crippen molar-refractivity contribution in [2.75, 3.05) is 0 Å². The maximum absolute atomic E-state index is 13.2. The van der Waals surface area contributed by atoms with Gasteiger partial charge in [-0.25, -0.2) is 0 Å². The highest BCUT2D eigenvalue weighted by atomic mass is 16.4. The number of Topliss-reactive ketones (excluding diaryl/α,β-unsaturated/α-hetero) is 1. The fourth-order valence-corrected chi connectivity index (χ4v) is 7.67. The molecule has 5 nitrogen and oxygen atoms in total. The molecule has 4 aliphatic carbocycles. The van der Waals surface area contributed by atoms with E-state index < -0.39 is 33.9 Å². The summed E-state index contributed by atoms with van der Waals surface area (Å²) in [6.45, 7) is 5.68. The van der Waals surface area contributed by atoms with E-state index in [1.54, 1.807) is 6.92 Å². The molecule has 4 rings (SSSR count). The summed E-state index contributed by atoms with van der Waals surface area (Å²) < 4.78 is 0. The van der Waals surface area contributed by atoms with Gasteiger partial charge in [0.2, 0.25) is 0 Å². The summed E-state index contributed by atoms with van der Waals surface area (Å²) in [5.74, 6) is -1.17. The van der Waals surface area contributed by atoms with E-state index in [1.807, 2.05) is 13.8 Å². The number of hydrogen-bond acceptors (Lipinski definition) is 4. The first-order valence-corrected chi connectivity index (χ1v) is 9.72. The molecule has 3 N–H and O–H groups in total. The first-order chi connectivity index (χ1) is 11.5. The van der Waals surface area contributed by atoms with E-state index in [9.17, 15) is 24.9 Å². The van der Waals surface area contributed by atoms with E-state index in [0.717, 1.165) is 12.8 Å². The monoisotopic (exact) mass is 350 g/mol. The number of carboxylic acids is 1. The molecular formula is C20H30O5. The van der Waals surface area contributed by atoms with Gasteiger partial charge in [-0.05, 0) is 50.9 Å². The first-order valence-electron chi connectivity index (χ1n) is 9.72. The number of ketones is 1. The molecule has 4 saturated carbocycles. The number of carboxylic acid groups (broad SMARTS) is 1. The van der Waals surface area contributed by atoms with E-state index in [4.69, 9.17) is 0 Å². The van der Waals surface area contributed by atoms with Crippen LogP contribution >= 0.6 is 0 Å². The van der Waals surface area contributed by atoms with Gasteiger partial charge in [-0.15, -0.1) is 0 Å². The zero-order chi connectivity index (χ0) is 18.4. The fourth-order valence-electron chi connectivity index (χ4n) is 7.67. The third kappa shape index (κ3) is 1.72. The molecular weight excluding hydrogens is 320 g/mol. The number of fused-ring (bicyclic) bond motifs is 3. The summed E-state index contributed by atoms with van der Waals surface area (Å²) in [6, 6.07) is 0. The summed E-state index contributed by atoms with van der Waals surface area (Å²) in [7, 11) is 0. The molecule has 0 amide bonds. The number of aliphatic carboxylic acids is 1. The van der Waals surface area contributed by atoms with Gasteiger partial charge in [0.25, 0.3) is 0 Å². The predicted molar refractivity (Wildman–Crippen MR) is 90.7 cm³/mol. The van der Waals surface area contributed by atoms with Crippen LogP contribution in [0.1, 0.15) is 65.7 Å². The number of carbonyl (C=O) groups excluding carboxylic acids is 1. The van der Waals surface area contributed by atoms with Gasteiger partial charge in [-0.1, -0.05) is 20.3 Å². The van der Waals surface area contributed by atoms with Crippen molar-refractivity contribution in [1.29, 1.82) is 0 Å². The Morgan fingerprint density at radius 3 is 2.48 bits per heavy atom. The van der Waals surface area contributed by atoms with Crippen molar-refractivity contribution >= 4 is 11.8 Å². The molecule has 8 atom stereocenters. The minimum atomic E-state index is -1.31. The van der Waals surface area contributed by atoms with Crippen LogP contribution in [0.3, 0.4) is 0 Å². The van der Waals surface area contributed by atoms with E-state index in [1.165, 1.54) is 0 Å². The Kier molecular flexibility index (Phi) is 3.40. The molecule has 0 aromatic rings. The normalized spacial score (nSPS) is 57.7. The highest BCUT2D eigenvalue weighted by Crippen LogP contribution is 2.72. The van der Waals surface area contributed by atoms with Crippen LogP contribution in [0.4, 0.5) is 0 Å². The first kappa shape index (κ1) is 17.5. The van der Waals surface area contributed by atoms with Crippen LogP contribution in [0, 0.1) is 34.0 Å². The van der Waals surface area contributed by atoms with Crippen LogP contribution in [0.25, 0.3) is 0 Å². The van der Waals surface area contributed by atoms with Crippen LogP contribution in [-0.2, 0) is 9.59 Å². The number of hydrogen-bond donors (Lipinski definition) is 3. The van der Waals surface area contributed by atoms with Gasteiger partial charge in [0.15, 0.2) is 0 Å². The summed E-state index contributed by atoms with van der Waals surface area (Å²) in [5.41, 5.74) is -3.63. The molecule has 8 unspecified atom stereocenters. The van der Waals surface area contributed by atoms with E-state index >= 15 is 0 Å². The van der Waals surface area contributed by atoms with Crippen LogP contribution in [-0.4, -0.2) is 38.8 Å². The van der Waals surface area contributed by atoms with E-state index in [0.29, 0.717) is 25.7 Å². The Morgan fingerprint density at radius 1 is 1.16 bits per heavy atom. The number of carbonyl (C=O) groups is 2. The van der Waals surface area contributed by atoms with Crippen molar-refractivity contribution in [3.8, 4) is 0 Å². The average molecular weight is 350 g/mol. The van der Waals surface area contributed by atoms with Gasteiger partial charge < -0.3 is 15.3 Å². The lowest BCUT2D eigenvalue weighted by Crippen LogP contribution is -2.71.